The smallest absolute Gasteiger partial charge is 0.133 e. The first-order valence-corrected chi connectivity index (χ1v) is 10.4. The summed E-state index contributed by atoms with van der Waals surface area (Å²) in [7, 11) is 2.13. The summed E-state index contributed by atoms with van der Waals surface area (Å²) < 4.78 is 0. The van der Waals surface area contributed by atoms with Crippen LogP contribution in [0.3, 0.4) is 0 Å². The summed E-state index contributed by atoms with van der Waals surface area (Å²) in [6.07, 6.45) is 6.83. The van der Waals surface area contributed by atoms with Crippen molar-refractivity contribution < 1.29 is 5.32 Å². The van der Waals surface area contributed by atoms with Crippen molar-refractivity contribution in [2.75, 3.05) is 25.0 Å². The molecule has 0 radical (unpaired) electrons. The molecule has 2 heteroatoms. The van der Waals surface area contributed by atoms with E-state index in [-0.39, 0.29) is 5.41 Å². The maximum Gasteiger partial charge on any atom is 0.133 e. The first-order chi connectivity index (χ1) is 13.0. The normalized spacial score (nSPS) is 13.7. The molecule has 0 heterocycles. The Morgan fingerprint density at radius 2 is 1.74 bits per heavy atom. The number of nitrogens with two attached hydrogens (primary N) is 1. The molecule has 0 aliphatic heterocycles. The van der Waals surface area contributed by atoms with Gasteiger partial charge in [0.1, 0.15) is 5.69 Å². The van der Waals surface area contributed by atoms with Gasteiger partial charge in [-0.1, -0.05) is 50.3 Å². The van der Waals surface area contributed by atoms with Gasteiger partial charge in [0.05, 0.1) is 7.05 Å². The van der Waals surface area contributed by atoms with E-state index >= 15 is 0 Å². The number of aryl methyl sites for hydroxylation is 1. The first-order valence-electron chi connectivity index (χ1n) is 10.4. The molecule has 2 nitrogen and oxygen atoms in total. The van der Waals surface area contributed by atoms with Crippen LogP contribution in [0.5, 0.6) is 0 Å². The topological polar surface area (TPSA) is 19.9 Å². The van der Waals surface area contributed by atoms with Crippen LogP contribution in [0.4, 0.5) is 11.4 Å². The van der Waals surface area contributed by atoms with Gasteiger partial charge in [-0.25, -0.2) is 0 Å². The Bertz CT molecular complexity index is 759. The standard InChI is InChI=1S/C25H36N2/c1-7-25(5,23-14-10-11-15-24(23)26-6)18-12-13-21-16-17-22(19-20(21)4)27(8-2)9-3/h10-17,19,26H,7-9,18H2,1-6H3/p+1/b13-12+. The van der Waals surface area contributed by atoms with Crippen LogP contribution in [-0.4, -0.2) is 20.1 Å². The minimum Gasteiger partial charge on any atom is -0.372 e. The van der Waals surface area contributed by atoms with Crippen LogP contribution < -0.4 is 10.2 Å². The van der Waals surface area contributed by atoms with Gasteiger partial charge in [-0.05, 0) is 62.9 Å². The zero-order chi connectivity index (χ0) is 19.9. The molecule has 0 fully saturated rings. The Morgan fingerprint density at radius 3 is 2.33 bits per heavy atom. The van der Waals surface area contributed by atoms with Crippen molar-refractivity contribution >= 4 is 17.5 Å². The Hall–Kier alpha value is -2.06. The van der Waals surface area contributed by atoms with E-state index in [1.54, 1.807) is 0 Å². The van der Waals surface area contributed by atoms with Crippen molar-refractivity contribution in [1.29, 1.82) is 0 Å². The lowest BCUT2D eigenvalue weighted by molar-refractivity contribution is -0.540. The van der Waals surface area contributed by atoms with Crippen LogP contribution in [0, 0.1) is 6.92 Å². The van der Waals surface area contributed by atoms with Crippen LogP contribution in [0.25, 0.3) is 6.08 Å². The highest BCUT2D eigenvalue weighted by Crippen LogP contribution is 2.35. The summed E-state index contributed by atoms with van der Waals surface area (Å²) in [5, 5.41) is 2.23. The fraction of sp³-hybridized carbons (Fsp3) is 0.440. The predicted octanol–water partition coefficient (Wildman–Crippen LogP) is 5.44. The van der Waals surface area contributed by atoms with E-state index in [4.69, 9.17) is 0 Å². The molecule has 0 bridgehead atoms. The number of quaternary nitrogens is 1. The third kappa shape index (κ3) is 5.01. The zero-order valence-corrected chi connectivity index (χ0v) is 18.0. The van der Waals surface area contributed by atoms with E-state index < -0.39 is 0 Å². The van der Waals surface area contributed by atoms with Gasteiger partial charge >= 0.3 is 0 Å². The number of hydrogen-bond acceptors (Lipinski definition) is 1. The zero-order valence-electron chi connectivity index (χ0n) is 18.0. The molecule has 0 saturated carbocycles. The lowest BCUT2D eigenvalue weighted by Crippen LogP contribution is -2.73. The molecule has 0 aliphatic rings. The molecule has 0 aromatic heterocycles. The van der Waals surface area contributed by atoms with Gasteiger partial charge in [-0.2, -0.15) is 0 Å². The van der Waals surface area contributed by atoms with E-state index in [0.29, 0.717) is 0 Å². The molecule has 0 aliphatic carbocycles. The van der Waals surface area contributed by atoms with Crippen LogP contribution in [0.2, 0.25) is 0 Å². The molecular formula is C25H37N2+. The van der Waals surface area contributed by atoms with Gasteiger partial charge in [-0.15, -0.1) is 0 Å². The highest BCUT2D eigenvalue weighted by Gasteiger charge is 2.27. The summed E-state index contributed by atoms with van der Waals surface area (Å²) in [6, 6.07) is 15.6. The van der Waals surface area contributed by atoms with Crippen molar-refractivity contribution in [1.82, 2.24) is 0 Å². The van der Waals surface area contributed by atoms with Gasteiger partial charge in [-0.3, -0.25) is 0 Å². The van der Waals surface area contributed by atoms with Crippen molar-refractivity contribution in [3.63, 3.8) is 0 Å². The van der Waals surface area contributed by atoms with E-state index in [1.165, 1.54) is 28.1 Å². The second kappa shape index (κ2) is 9.75. The number of allylic oxidation sites excluding steroid dienone is 1. The minimum atomic E-state index is 0.161. The Balaban J connectivity index is 2.20. The Labute approximate surface area is 166 Å². The third-order valence-electron chi connectivity index (χ3n) is 5.95. The molecule has 0 amide bonds. The summed E-state index contributed by atoms with van der Waals surface area (Å²) in [6.45, 7) is 13.4. The van der Waals surface area contributed by atoms with Gasteiger partial charge in [0.25, 0.3) is 0 Å². The molecule has 1 atom stereocenters. The Kier molecular flexibility index (Phi) is 7.67. The molecule has 2 rings (SSSR count). The van der Waals surface area contributed by atoms with Gasteiger partial charge in [0, 0.05) is 29.8 Å². The number of para-hydroxylation sites is 1. The summed E-state index contributed by atoms with van der Waals surface area (Å²) in [5.41, 5.74) is 6.95. The van der Waals surface area contributed by atoms with Crippen LogP contribution >= 0.6 is 0 Å². The summed E-state index contributed by atoms with van der Waals surface area (Å²) >= 11 is 0. The molecule has 2 aromatic rings. The molecule has 0 saturated heterocycles. The molecule has 1 unspecified atom stereocenters. The number of nitrogens with zero attached hydrogens (tertiary/aromatic N) is 1. The fourth-order valence-electron chi connectivity index (χ4n) is 3.82. The van der Waals surface area contributed by atoms with Gasteiger partial charge in [0.15, 0.2) is 0 Å². The highest BCUT2D eigenvalue weighted by atomic mass is 15.1. The molecule has 146 valence electrons. The lowest BCUT2D eigenvalue weighted by atomic mass is 9.76. The number of benzene rings is 2. The lowest BCUT2D eigenvalue weighted by Gasteiger charge is -2.28. The quantitative estimate of drug-likeness (QED) is 0.587. The van der Waals surface area contributed by atoms with Crippen molar-refractivity contribution in [3.8, 4) is 0 Å². The minimum absolute atomic E-state index is 0.161. The van der Waals surface area contributed by atoms with Crippen LogP contribution in [0.1, 0.15) is 57.2 Å². The fourth-order valence-corrected chi connectivity index (χ4v) is 3.82. The van der Waals surface area contributed by atoms with Crippen LogP contribution in [-0.2, 0) is 5.41 Å². The number of rotatable bonds is 9. The van der Waals surface area contributed by atoms with Crippen molar-refractivity contribution in [2.24, 2.45) is 0 Å². The highest BCUT2D eigenvalue weighted by molar-refractivity contribution is 5.60. The largest absolute Gasteiger partial charge is 0.372 e. The van der Waals surface area contributed by atoms with E-state index in [2.05, 4.69) is 106 Å². The first kappa shape index (κ1) is 21.2. The molecule has 0 spiro atoms. The maximum atomic E-state index is 2.40. The van der Waals surface area contributed by atoms with Crippen molar-refractivity contribution in [3.05, 3.63) is 65.2 Å². The van der Waals surface area contributed by atoms with Gasteiger partial charge in [0.2, 0.25) is 0 Å². The number of hydrogen-bond donors (Lipinski definition) is 1. The maximum absolute atomic E-state index is 2.40. The molecule has 2 N–H and O–H groups in total. The SMILES string of the molecule is CCN(CC)c1ccc(/C=C/CC(C)(CC)c2ccccc2[NH2+]C)c(C)c1. The van der Waals surface area contributed by atoms with E-state index in [1.807, 2.05) is 0 Å². The molecule has 2 aromatic carbocycles. The van der Waals surface area contributed by atoms with Crippen LogP contribution in [0.15, 0.2) is 48.5 Å². The summed E-state index contributed by atoms with van der Waals surface area (Å²) in [4.78, 5) is 2.40. The predicted molar refractivity (Wildman–Crippen MR) is 120 cm³/mol. The Morgan fingerprint density at radius 1 is 1.04 bits per heavy atom. The van der Waals surface area contributed by atoms with Gasteiger partial charge < -0.3 is 10.2 Å². The number of anilines is 1. The monoisotopic (exact) mass is 365 g/mol. The summed E-state index contributed by atoms with van der Waals surface area (Å²) in [5.74, 6) is 0. The molecule has 27 heavy (non-hydrogen) atoms. The average Bonchev–Trinajstić information content (AvgIpc) is 2.70. The van der Waals surface area contributed by atoms with Crippen molar-refractivity contribution in [2.45, 2.75) is 52.9 Å². The molecular weight excluding hydrogens is 328 g/mol. The third-order valence-corrected chi connectivity index (χ3v) is 5.95. The second-order valence-electron chi connectivity index (χ2n) is 7.61. The van der Waals surface area contributed by atoms with E-state index in [9.17, 15) is 0 Å². The average molecular weight is 366 g/mol. The second-order valence-corrected chi connectivity index (χ2v) is 7.61. The van der Waals surface area contributed by atoms with E-state index in [0.717, 1.165) is 25.9 Å².